The SMILES string of the molecule is CCCN1C(=O)CCC(C(=O)O)C1c1cc(F)ccc1C. The molecule has 4 nitrogen and oxygen atoms in total. The Morgan fingerprint density at radius 1 is 1.48 bits per heavy atom. The Kier molecular flexibility index (Phi) is 4.60. The van der Waals surface area contributed by atoms with Gasteiger partial charge in [0.15, 0.2) is 0 Å². The van der Waals surface area contributed by atoms with Crippen molar-refractivity contribution in [2.24, 2.45) is 5.92 Å². The van der Waals surface area contributed by atoms with Crippen LogP contribution in [-0.2, 0) is 9.59 Å². The molecule has 1 amide bonds. The summed E-state index contributed by atoms with van der Waals surface area (Å²) >= 11 is 0. The van der Waals surface area contributed by atoms with Gasteiger partial charge in [-0.2, -0.15) is 0 Å². The molecule has 1 saturated heterocycles. The van der Waals surface area contributed by atoms with Crippen molar-refractivity contribution in [2.75, 3.05) is 6.54 Å². The highest BCUT2D eigenvalue weighted by Crippen LogP contribution is 2.38. The molecular weight excluding hydrogens is 273 g/mol. The molecule has 1 aliphatic rings. The molecule has 0 radical (unpaired) electrons. The number of hydrogen-bond acceptors (Lipinski definition) is 2. The number of nitrogens with zero attached hydrogens (tertiary/aromatic N) is 1. The van der Waals surface area contributed by atoms with Crippen LogP contribution in [0.3, 0.4) is 0 Å². The van der Waals surface area contributed by atoms with Crippen molar-refractivity contribution < 1.29 is 19.1 Å². The van der Waals surface area contributed by atoms with Gasteiger partial charge in [0.05, 0.1) is 12.0 Å². The summed E-state index contributed by atoms with van der Waals surface area (Å²) in [5, 5.41) is 9.47. The number of piperidine rings is 1. The van der Waals surface area contributed by atoms with Gasteiger partial charge in [0.25, 0.3) is 0 Å². The highest BCUT2D eigenvalue weighted by molar-refractivity contribution is 5.82. The van der Waals surface area contributed by atoms with E-state index in [2.05, 4.69) is 0 Å². The van der Waals surface area contributed by atoms with Gasteiger partial charge in [0, 0.05) is 13.0 Å². The predicted molar refractivity (Wildman–Crippen MR) is 76.2 cm³/mol. The zero-order valence-corrected chi connectivity index (χ0v) is 12.3. The molecule has 21 heavy (non-hydrogen) atoms. The Labute approximate surface area is 123 Å². The molecule has 0 bridgehead atoms. The van der Waals surface area contributed by atoms with Gasteiger partial charge in [-0.1, -0.05) is 13.0 Å². The van der Waals surface area contributed by atoms with Crippen LogP contribution in [0.4, 0.5) is 4.39 Å². The maximum Gasteiger partial charge on any atom is 0.308 e. The van der Waals surface area contributed by atoms with E-state index in [1.165, 1.54) is 12.1 Å². The highest BCUT2D eigenvalue weighted by Gasteiger charge is 2.40. The summed E-state index contributed by atoms with van der Waals surface area (Å²) in [6.07, 6.45) is 1.28. The molecular formula is C16H20FNO3. The van der Waals surface area contributed by atoms with Crippen LogP contribution in [0.2, 0.25) is 0 Å². The van der Waals surface area contributed by atoms with Crippen LogP contribution in [0.5, 0.6) is 0 Å². The van der Waals surface area contributed by atoms with Crippen LogP contribution in [0.15, 0.2) is 18.2 Å². The average Bonchev–Trinajstić information content (AvgIpc) is 2.43. The number of rotatable bonds is 4. The number of benzene rings is 1. The van der Waals surface area contributed by atoms with Crippen LogP contribution in [-0.4, -0.2) is 28.4 Å². The first kappa shape index (κ1) is 15.5. The molecule has 5 heteroatoms. The lowest BCUT2D eigenvalue weighted by molar-refractivity contribution is -0.152. The predicted octanol–water partition coefficient (Wildman–Crippen LogP) is 2.91. The Hall–Kier alpha value is -1.91. The molecule has 1 fully saturated rings. The van der Waals surface area contributed by atoms with Gasteiger partial charge in [0.2, 0.25) is 5.91 Å². The second-order valence-electron chi connectivity index (χ2n) is 5.52. The van der Waals surface area contributed by atoms with Crippen molar-refractivity contribution in [3.8, 4) is 0 Å². The number of amides is 1. The van der Waals surface area contributed by atoms with Crippen LogP contribution in [0.25, 0.3) is 0 Å². The van der Waals surface area contributed by atoms with Gasteiger partial charge >= 0.3 is 5.97 Å². The summed E-state index contributed by atoms with van der Waals surface area (Å²) in [5.41, 5.74) is 1.41. The standard InChI is InChI=1S/C16H20FNO3/c1-3-8-18-14(19)7-6-12(16(20)21)15(18)13-9-11(17)5-4-10(13)2/h4-5,9,12,15H,3,6-8H2,1-2H3,(H,20,21). The molecule has 2 unspecified atom stereocenters. The van der Waals surface area contributed by atoms with Crippen molar-refractivity contribution in [3.63, 3.8) is 0 Å². The van der Waals surface area contributed by atoms with Crippen LogP contribution in [0.1, 0.15) is 43.4 Å². The molecule has 0 spiro atoms. The van der Waals surface area contributed by atoms with E-state index in [1.54, 1.807) is 11.0 Å². The molecule has 2 atom stereocenters. The van der Waals surface area contributed by atoms with E-state index in [0.717, 1.165) is 12.0 Å². The number of hydrogen-bond donors (Lipinski definition) is 1. The minimum Gasteiger partial charge on any atom is -0.481 e. The van der Waals surface area contributed by atoms with E-state index in [4.69, 9.17) is 0 Å². The lowest BCUT2D eigenvalue weighted by Gasteiger charge is -2.40. The first-order chi connectivity index (χ1) is 9.95. The number of halogens is 1. The molecule has 1 aliphatic heterocycles. The lowest BCUT2D eigenvalue weighted by atomic mass is 9.82. The number of carbonyl (C=O) groups is 2. The number of carboxylic acid groups (broad SMARTS) is 1. The van der Waals surface area contributed by atoms with E-state index in [0.29, 0.717) is 18.5 Å². The summed E-state index contributed by atoms with van der Waals surface area (Å²) < 4.78 is 13.6. The fourth-order valence-electron chi connectivity index (χ4n) is 3.03. The topological polar surface area (TPSA) is 57.6 Å². The van der Waals surface area contributed by atoms with Crippen LogP contribution < -0.4 is 0 Å². The van der Waals surface area contributed by atoms with E-state index in [-0.39, 0.29) is 12.3 Å². The number of likely N-dealkylation sites (tertiary alicyclic amines) is 1. The Balaban J connectivity index is 2.51. The summed E-state index contributed by atoms with van der Waals surface area (Å²) in [5.74, 6) is -2.08. The first-order valence-electron chi connectivity index (χ1n) is 7.24. The molecule has 2 rings (SSSR count). The van der Waals surface area contributed by atoms with Gasteiger partial charge in [-0.05, 0) is 43.0 Å². The van der Waals surface area contributed by atoms with E-state index in [1.807, 2.05) is 13.8 Å². The van der Waals surface area contributed by atoms with Crippen molar-refractivity contribution in [2.45, 2.75) is 39.2 Å². The van der Waals surface area contributed by atoms with Crippen molar-refractivity contribution in [1.82, 2.24) is 4.90 Å². The number of aryl methyl sites for hydroxylation is 1. The molecule has 1 N–H and O–H groups in total. The van der Waals surface area contributed by atoms with Crippen LogP contribution >= 0.6 is 0 Å². The Morgan fingerprint density at radius 3 is 2.81 bits per heavy atom. The van der Waals surface area contributed by atoms with Crippen molar-refractivity contribution in [3.05, 3.63) is 35.1 Å². The van der Waals surface area contributed by atoms with Crippen molar-refractivity contribution >= 4 is 11.9 Å². The molecule has 0 aliphatic carbocycles. The summed E-state index contributed by atoms with van der Waals surface area (Å²) in [4.78, 5) is 25.3. The lowest BCUT2D eigenvalue weighted by Crippen LogP contribution is -2.45. The third-order valence-electron chi connectivity index (χ3n) is 4.05. The quantitative estimate of drug-likeness (QED) is 0.928. The van der Waals surface area contributed by atoms with E-state index in [9.17, 15) is 19.1 Å². The fraction of sp³-hybridized carbons (Fsp3) is 0.500. The number of aliphatic carboxylic acids is 1. The van der Waals surface area contributed by atoms with Gasteiger partial charge in [-0.15, -0.1) is 0 Å². The maximum atomic E-state index is 13.6. The maximum absolute atomic E-state index is 13.6. The minimum atomic E-state index is -0.933. The largest absolute Gasteiger partial charge is 0.481 e. The second-order valence-corrected chi connectivity index (χ2v) is 5.52. The van der Waals surface area contributed by atoms with E-state index >= 15 is 0 Å². The third kappa shape index (κ3) is 3.06. The van der Waals surface area contributed by atoms with Gasteiger partial charge in [-0.3, -0.25) is 9.59 Å². The Morgan fingerprint density at radius 2 is 2.19 bits per heavy atom. The van der Waals surface area contributed by atoms with Crippen molar-refractivity contribution in [1.29, 1.82) is 0 Å². The normalized spacial score (nSPS) is 22.4. The Bertz CT molecular complexity index is 558. The van der Waals surface area contributed by atoms with Crippen LogP contribution in [0, 0.1) is 18.7 Å². The first-order valence-corrected chi connectivity index (χ1v) is 7.24. The molecule has 0 saturated carbocycles. The molecule has 114 valence electrons. The molecule has 0 aromatic heterocycles. The van der Waals surface area contributed by atoms with E-state index < -0.39 is 23.7 Å². The van der Waals surface area contributed by atoms with Gasteiger partial charge in [0.1, 0.15) is 5.82 Å². The smallest absolute Gasteiger partial charge is 0.308 e. The summed E-state index contributed by atoms with van der Waals surface area (Å²) in [6, 6.07) is 3.76. The molecule has 1 aromatic rings. The average molecular weight is 293 g/mol. The number of carboxylic acids is 1. The zero-order valence-electron chi connectivity index (χ0n) is 12.3. The molecule has 1 aromatic carbocycles. The van der Waals surface area contributed by atoms with Gasteiger partial charge in [-0.25, -0.2) is 4.39 Å². The highest BCUT2D eigenvalue weighted by atomic mass is 19.1. The third-order valence-corrected chi connectivity index (χ3v) is 4.05. The zero-order chi connectivity index (χ0) is 15.6. The fourth-order valence-corrected chi connectivity index (χ4v) is 3.03. The minimum absolute atomic E-state index is 0.0528. The summed E-state index contributed by atoms with van der Waals surface area (Å²) in [7, 11) is 0. The monoisotopic (exact) mass is 293 g/mol. The number of carbonyl (C=O) groups excluding carboxylic acids is 1. The molecule has 1 heterocycles. The van der Waals surface area contributed by atoms with Gasteiger partial charge < -0.3 is 10.0 Å². The summed E-state index contributed by atoms with van der Waals surface area (Å²) in [6.45, 7) is 4.24. The second kappa shape index (κ2) is 6.24.